The van der Waals surface area contributed by atoms with Crippen molar-refractivity contribution in [2.24, 2.45) is 0 Å². The van der Waals surface area contributed by atoms with Gasteiger partial charge in [0.05, 0.1) is 0 Å². The number of aliphatic hydroxyl groups excluding tert-OH is 1. The van der Waals surface area contributed by atoms with Gasteiger partial charge in [0, 0.05) is 10.7 Å². The van der Waals surface area contributed by atoms with Gasteiger partial charge in [-0.1, -0.05) is 17.7 Å². The van der Waals surface area contributed by atoms with Crippen LogP contribution >= 0.6 is 11.6 Å². The number of hydrogen-bond acceptors (Lipinski definition) is 2. The summed E-state index contributed by atoms with van der Waals surface area (Å²) in [5, 5.41) is 11.8. The molecule has 0 aromatic heterocycles. The van der Waals surface area contributed by atoms with E-state index in [1.165, 1.54) is 0 Å². The van der Waals surface area contributed by atoms with Gasteiger partial charge in [-0.2, -0.15) is 0 Å². The van der Waals surface area contributed by atoms with E-state index in [9.17, 15) is 0 Å². The van der Waals surface area contributed by atoms with Gasteiger partial charge in [-0.15, -0.1) is 0 Å². The fourth-order valence-corrected chi connectivity index (χ4v) is 0.880. The molecule has 0 heterocycles. The van der Waals surface area contributed by atoms with Crippen LogP contribution in [0.25, 0.3) is 0 Å². The van der Waals surface area contributed by atoms with Gasteiger partial charge in [0.15, 0.2) is 0 Å². The largest absolute Gasteiger partial charge is 0.377 e. The minimum absolute atomic E-state index is 0.0691. The number of anilines is 1. The lowest BCUT2D eigenvalue weighted by Crippen LogP contribution is -1.98. The third-order valence-corrected chi connectivity index (χ3v) is 1.34. The Labute approximate surface area is 64.4 Å². The third-order valence-electron chi connectivity index (χ3n) is 1.11. The lowest BCUT2D eigenvalue weighted by Gasteiger charge is -2.00. The minimum Gasteiger partial charge on any atom is -0.377 e. The molecule has 0 bridgehead atoms. The molecule has 1 rings (SSSR count). The van der Waals surface area contributed by atoms with E-state index in [0.29, 0.717) is 5.02 Å². The SMILES string of the molecule is OCNc1cccc(Cl)c1. The topological polar surface area (TPSA) is 32.3 Å². The fraction of sp³-hybridized carbons (Fsp3) is 0.143. The lowest BCUT2D eigenvalue weighted by molar-refractivity contribution is 0.325. The fourth-order valence-electron chi connectivity index (χ4n) is 0.690. The molecule has 0 radical (unpaired) electrons. The normalized spacial score (nSPS) is 9.40. The molecular formula is C7H8ClNO. The van der Waals surface area contributed by atoms with Crippen LogP contribution in [0.5, 0.6) is 0 Å². The Kier molecular flexibility index (Phi) is 2.54. The summed E-state index contributed by atoms with van der Waals surface area (Å²) in [5.41, 5.74) is 0.829. The van der Waals surface area contributed by atoms with Gasteiger partial charge < -0.3 is 10.4 Å². The third kappa shape index (κ3) is 1.90. The number of halogens is 1. The molecule has 0 saturated carbocycles. The van der Waals surface area contributed by atoms with Crippen molar-refractivity contribution < 1.29 is 5.11 Å². The molecule has 0 aliphatic heterocycles. The first kappa shape index (κ1) is 7.38. The Balaban J connectivity index is 2.75. The van der Waals surface area contributed by atoms with Gasteiger partial charge in [-0.3, -0.25) is 0 Å². The molecule has 0 aliphatic rings. The first-order valence-electron chi connectivity index (χ1n) is 2.93. The molecule has 54 valence electrons. The molecule has 0 saturated heterocycles. The van der Waals surface area contributed by atoms with Crippen molar-refractivity contribution >= 4 is 17.3 Å². The van der Waals surface area contributed by atoms with Crippen LogP contribution in [0.2, 0.25) is 5.02 Å². The molecule has 3 heteroatoms. The zero-order valence-corrected chi connectivity index (χ0v) is 6.10. The Hall–Kier alpha value is -0.730. The number of benzene rings is 1. The van der Waals surface area contributed by atoms with Crippen LogP contribution in [0.4, 0.5) is 5.69 Å². The summed E-state index contributed by atoms with van der Waals surface area (Å²) in [6, 6.07) is 7.18. The van der Waals surface area contributed by atoms with Gasteiger partial charge in [0.2, 0.25) is 0 Å². The first-order chi connectivity index (χ1) is 4.83. The highest BCUT2D eigenvalue weighted by atomic mass is 35.5. The molecule has 0 spiro atoms. The van der Waals surface area contributed by atoms with E-state index in [1.54, 1.807) is 12.1 Å². The average molecular weight is 158 g/mol. The molecule has 0 unspecified atom stereocenters. The number of rotatable bonds is 2. The van der Waals surface area contributed by atoms with E-state index in [4.69, 9.17) is 16.7 Å². The maximum absolute atomic E-state index is 8.46. The summed E-state index contributed by atoms with van der Waals surface area (Å²) in [4.78, 5) is 0. The van der Waals surface area contributed by atoms with E-state index in [1.807, 2.05) is 12.1 Å². The van der Waals surface area contributed by atoms with E-state index in [-0.39, 0.29) is 6.73 Å². The maximum Gasteiger partial charge on any atom is 0.113 e. The summed E-state index contributed by atoms with van der Waals surface area (Å²) in [6.07, 6.45) is 0. The quantitative estimate of drug-likeness (QED) is 0.641. The molecule has 2 nitrogen and oxygen atoms in total. The average Bonchev–Trinajstić information content (AvgIpc) is 1.88. The number of aliphatic hydroxyl groups is 1. The van der Waals surface area contributed by atoms with Crippen LogP contribution < -0.4 is 5.32 Å². The van der Waals surface area contributed by atoms with Crippen molar-refractivity contribution in [3.05, 3.63) is 29.3 Å². The number of hydrogen-bond donors (Lipinski definition) is 2. The molecule has 0 atom stereocenters. The smallest absolute Gasteiger partial charge is 0.113 e. The minimum atomic E-state index is -0.0691. The number of nitrogens with one attached hydrogen (secondary N) is 1. The lowest BCUT2D eigenvalue weighted by atomic mass is 10.3. The van der Waals surface area contributed by atoms with Crippen LogP contribution in [0.15, 0.2) is 24.3 Å². The second-order valence-electron chi connectivity index (χ2n) is 1.85. The molecule has 1 aromatic rings. The van der Waals surface area contributed by atoms with Crippen LogP contribution in [0.1, 0.15) is 0 Å². The highest BCUT2D eigenvalue weighted by Gasteiger charge is 1.89. The van der Waals surface area contributed by atoms with Crippen LogP contribution in [-0.2, 0) is 0 Å². The Morgan fingerprint density at radius 3 is 2.90 bits per heavy atom. The van der Waals surface area contributed by atoms with Gasteiger partial charge >= 0.3 is 0 Å². The molecule has 0 amide bonds. The molecule has 1 aromatic carbocycles. The molecule has 2 N–H and O–H groups in total. The standard InChI is InChI=1S/C7H8ClNO/c8-6-2-1-3-7(4-6)9-5-10/h1-4,9-10H,5H2. The van der Waals surface area contributed by atoms with Crippen molar-refractivity contribution in [1.82, 2.24) is 0 Å². The Morgan fingerprint density at radius 1 is 1.50 bits per heavy atom. The highest BCUT2D eigenvalue weighted by molar-refractivity contribution is 6.30. The first-order valence-corrected chi connectivity index (χ1v) is 3.31. The predicted octanol–water partition coefficient (Wildman–Crippen LogP) is 1.70. The molecule has 0 aliphatic carbocycles. The Bertz CT molecular complexity index is 215. The van der Waals surface area contributed by atoms with Gasteiger partial charge in [0.1, 0.15) is 6.73 Å². The van der Waals surface area contributed by atoms with Crippen molar-refractivity contribution in [3.63, 3.8) is 0 Å². The van der Waals surface area contributed by atoms with Gasteiger partial charge in [-0.25, -0.2) is 0 Å². The summed E-state index contributed by atoms with van der Waals surface area (Å²) in [6.45, 7) is -0.0691. The van der Waals surface area contributed by atoms with E-state index < -0.39 is 0 Å². The zero-order valence-electron chi connectivity index (χ0n) is 5.34. The molecule has 10 heavy (non-hydrogen) atoms. The predicted molar refractivity (Wildman–Crippen MR) is 42.2 cm³/mol. The van der Waals surface area contributed by atoms with E-state index in [0.717, 1.165) is 5.69 Å². The van der Waals surface area contributed by atoms with Crippen molar-refractivity contribution in [1.29, 1.82) is 0 Å². The summed E-state index contributed by atoms with van der Waals surface area (Å²) in [5.74, 6) is 0. The summed E-state index contributed by atoms with van der Waals surface area (Å²) >= 11 is 5.66. The van der Waals surface area contributed by atoms with Crippen molar-refractivity contribution in [3.8, 4) is 0 Å². The highest BCUT2D eigenvalue weighted by Crippen LogP contribution is 2.13. The van der Waals surface area contributed by atoms with Crippen LogP contribution in [-0.4, -0.2) is 11.8 Å². The van der Waals surface area contributed by atoms with Crippen molar-refractivity contribution in [2.75, 3.05) is 12.0 Å². The van der Waals surface area contributed by atoms with E-state index in [2.05, 4.69) is 5.32 Å². The zero-order chi connectivity index (χ0) is 7.40. The monoisotopic (exact) mass is 157 g/mol. The van der Waals surface area contributed by atoms with Gasteiger partial charge in [-0.05, 0) is 18.2 Å². The van der Waals surface area contributed by atoms with Gasteiger partial charge in [0.25, 0.3) is 0 Å². The second-order valence-corrected chi connectivity index (χ2v) is 2.28. The van der Waals surface area contributed by atoms with Crippen LogP contribution in [0.3, 0.4) is 0 Å². The van der Waals surface area contributed by atoms with Crippen molar-refractivity contribution in [2.45, 2.75) is 0 Å². The second kappa shape index (κ2) is 3.44. The molecule has 0 fully saturated rings. The summed E-state index contributed by atoms with van der Waals surface area (Å²) in [7, 11) is 0. The van der Waals surface area contributed by atoms with Crippen LogP contribution in [0, 0.1) is 0 Å². The summed E-state index contributed by atoms with van der Waals surface area (Å²) < 4.78 is 0. The van der Waals surface area contributed by atoms with E-state index >= 15 is 0 Å². The maximum atomic E-state index is 8.46. The molecular weight excluding hydrogens is 150 g/mol. The Morgan fingerprint density at radius 2 is 2.30 bits per heavy atom.